The minimum Gasteiger partial charge on any atom is -0.466 e. The van der Waals surface area contributed by atoms with Crippen molar-refractivity contribution in [3.05, 3.63) is 53.1 Å². The first-order valence-corrected chi connectivity index (χ1v) is 9.62. The molecular formula is C21H24FN3O4. The molecule has 1 aliphatic rings. The van der Waals surface area contributed by atoms with Crippen LogP contribution in [-0.4, -0.2) is 52.5 Å². The van der Waals surface area contributed by atoms with Crippen molar-refractivity contribution < 1.29 is 23.5 Å². The number of ether oxygens (including phenoxy) is 1. The number of aromatic nitrogens is 2. The third-order valence-electron chi connectivity index (χ3n) is 5.20. The van der Waals surface area contributed by atoms with Gasteiger partial charge in [0.2, 0.25) is 0 Å². The summed E-state index contributed by atoms with van der Waals surface area (Å²) in [6.45, 7) is 4.01. The molecule has 3 rings (SSSR count). The number of hydrogen-bond acceptors (Lipinski definition) is 5. The quantitative estimate of drug-likeness (QED) is 0.594. The van der Waals surface area contributed by atoms with Crippen LogP contribution in [0.25, 0.3) is 0 Å². The van der Waals surface area contributed by atoms with E-state index >= 15 is 0 Å². The number of Topliss-reactive ketones (excluding diaryl/α,β-unsaturated/α-hetero) is 1. The maximum Gasteiger partial charge on any atom is 0.314 e. The maximum atomic E-state index is 13.3. The minimum absolute atomic E-state index is 0.177. The summed E-state index contributed by atoms with van der Waals surface area (Å²) in [6, 6.07) is 7.42. The highest BCUT2D eigenvalue weighted by molar-refractivity contribution is 5.97. The van der Waals surface area contributed by atoms with E-state index in [1.165, 1.54) is 25.1 Å². The minimum atomic E-state index is -0.912. The monoisotopic (exact) mass is 401 g/mol. The fourth-order valence-electron chi connectivity index (χ4n) is 3.75. The summed E-state index contributed by atoms with van der Waals surface area (Å²) in [5, 5.41) is 6.46. The normalized spacial score (nSPS) is 19.1. The molecule has 1 atom stereocenters. The predicted molar refractivity (Wildman–Crippen MR) is 103 cm³/mol. The highest BCUT2D eigenvalue weighted by Gasteiger charge is 2.45. The van der Waals surface area contributed by atoms with E-state index in [1.54, 1.807) is 24.0 Å². The van der Waals surface area contributed by atoms with Gasteiger partial charge in [0, 0.05) is 20.0 Å². The molecule has 1 aromatic heterocycles. The van der Waals surface area contributed by atoms with Gasteiger partial charge in [0.1, 0.15) is 17.2 Å². The average Bonchev–Trinajstić information content (AvgIpc) is 3.20. The second-order valence-electron chi connectivity index (χ2n) is 7.36. The van der Waals surface area contributed by atoms with Gasteiger partial charge in [-0.3, -0.25) is 19.5 Å². The van der Waals surface area contributed by atoms with Crippen molar-refractivity contribution in [3.8, 4) is 0 Å². The van der Waals surface area contributed by atoms with Crippen LogP contribution in [0.2, 0.25) is 0 Å². The Bertz CT molecular complexity index is 909. The zero-order valence-electron chi connectivity index (χ0n) is 16.5. The number of hydrogen-bond donors (Lipinski definition) is 1. The largest absolute Gasteiger partial charge is 0.466 e. The number of amides is 1. The van der Waals surface area contributed by atoms with Gasteiger partial charge < -0.3 is 9.64 Å². The summed E-state index contributed by atoms with van der Waals surface area (Å²) in [4.78, 5) is 38.9. The Morgan fingerprint density at radius 1 is 1.28 bits per heavy atom. The van der Waals surface area contributed by atoms with Gasteiger partial charge in [0.05, 0.1) is 12.0 Å². The highest BCUT2D eigenvalue weighted by atomic mass is 19.1. The third kappa shape index (κ3) is 4.52. The summed E-state index contributed by atoms with van der Waals surface area (Å²) in [6.07, 6.45) is 1.53. The molecular weight excluding hydrogens is 377 g/mol. The number of piperidine rings is 1. The molecule has 0 radical (unpaired) electrons. The molecule has 7 nitrogen and oxygen atoms in total. The van der Waals surface area contributed by atoms with E-state index in [0.717, 1.165) is 5.56 Å². The first-order valence-electron chi connectivity index (χ1n) is 9.62. The molecule has 1 amide bonds. The number of nitrogens with one attached hydrogen (secondary N) is 1. The van der Waals surface area contributed by atoms with Crippen LogP contribution in [0.15, 0.2) is 30.3 Å². The molecule has 0 spiro atoms. The Kier molecular flexibility index (Phi) is 6.10. The van der Waals surface area contributed by atoms with Gasteiger partial charge in [0.15, 0.2) is 5.78 Å². The van der Waals surface area contributed by atoms with Gasteiger partial charge in [-0.05, 0) is 49.9 Å². The lowest BCUT2D eigenvalue weighted by Crippen LogP contribution is -2.51. The topological polar surface area (TPSA) is 92.4 Å². The van der Waals surface area contributed by atoms with Crippen LogP contribution in [0.4, 0.5) is 4.39 Å². The highest BCUT2D eigenvalue weighted by Crippen LogP contribution is 2.36. The molecule has 1 saturated heterocycles. The number of ketones is 1. The lowest BCUT2D eigenvalue weighted by molar-refractivity contribution is -0.158. The summed E-state index contributed by atoms with van der Waals surface area (Å²) in [7, 11) is 0. The van der Waals surface area contributed by atoms with Crippen molar-refractivity contribution in [3.63, 3.8) is 0 Å². The Hall–Kier alpha value is -3.03. The molecule has 1 N–H and O–H groups in total. The van der Waals surface area contributed by atoms with Gasteiger partial charge in [-0.2, -0.15) is 5.10 Å². The summed E-state index contributed by atoms with van der Waals surface area (Å²) >= 11 is 0. The van der Waals surface area contributed by atoms with Crippen molar-refractivity contribution >= 4 is 17.7 Å². The van der Waals surface area contributed by atoms with Crippen LogP contribution in [-0.2, 0) is 16.0 Å². The van der Waals surface area contributed by atoms with E-state index < -0.39 is 5.41 Å². The van der Waals surface area contributed by atoms with Crippen molar-refractivity contribution in [2.24, 2.45) is 5.41 Å². The number of halogens is 1. The standard InChI is InChI=1S/C21H24FN3O4/c1-3-29-20(28)21(12-15-5-7-16(22)8-6-15)9-4-10-25(13-21)19(27)18-11-17(14(2)26)23-24-18/h5-8,11H,3-4,9-10,12-13H2,1-2H3,(H,23,24)/t21-/m1/s1. The Morgan fingerprint density at radius 2 is 2.00 bits per heavy atom. The summed E-state index contributed by atoms with van der Waals surface area (Å²) in [5.41, 5.74) is 0.282. The number of aromatic amines is 1. The van der Waals surface area contributed by atoms with Gasteiger partial charge >= 0.3 is 5.97 Å². The number of carbonyl (C=O) groups excluding carboxylic acids is 3. The van der Waals surface area contributed by atoms with Crippen LogP contribution in [0, 0.1) is 11.2 Å². The Morgan fingerprint density at radius 3 is 2.62 bits per heavy atom. The van der Waals surface area contributed by atoms with Crippen LogP contribution >= 0.6 is 0 Å². The van der Waals surface area contributed by atoms with Crippen LogP contribution in [0.5, 0.6) is 0 Å². The molecule has 8 heteroatoms. The van der Waals surface area contributed by atoms with E-state index in [0.29, 0.717) is 25.8 Å². The van der Waals surface area contributed by atoms with Crippen LogP contribution in [0.3, 0.4) is 0 Å². The maximum absolute atomic E-state index is 13.3. The Balaban J connectivity index is 1.85. The molecule has 0 aliphatic carbocycles. The van der Waals surface area contributed by atoms with Crippen molar-refractivity contribution in [1.82, 2.24) is 15.1 Å². The molecule has 2 heterocycles. The fourth-order valence-corrected chi connectivity index (χ4v) is 3.75. The smallest absolute Gasteiger partial charge is 0.314 e. The number of nitrogens with zero attached hydrogens (tertiary/aromatic N) is 2. The lowest BCUT2D eigenvalue weighted by atomic mass is 9.75. The van der Waals surface area contributed by atoms with E-state index in [-0.39, 0.29) is 48.0 Å². The van der Waals surface area contributed by atoms with Crippen molar-refractivity contribution in [2.45, 2.75) is 33.1 Å². The molecule has 1 fully saturated rings. The van der Waals surface area contributed by atoms with E-state index in [9.17, 15) is 18.8 Å². The van der Waals surface area contributed by atoms with Crippen molar-refractivity contribution in [1.29, 1.82) is 0 Å². The number of benzene rings is 1. The number of H-pyrrole nitrogens is 1. The molecule has 0 saturated carbocycles. The van der Waals surface area contributed by atoms with E-state index in [2.05, 4.69) is 10.2 Å². The van der Waals surface area contributed by atoms with Crippen LogP contribution in [0.1, 0.15) is 53.2 Å². The molecule has 0 bridgehead atoms. The predicted octanol–water partition coefficient (Wildman–Crippen LogP) is 2.78. The molecule has 29 heavy (non-hydrogen) atoms. The summed E-state index contributed by atoms with van der Waals surface area (Å²) < 4.78 is 18.6. The Labute approximate surface area is 168 Å². The SMILES string of the molecule is CCOC(=O)[C@@]1(Cc2ccc(F)cc2)CCCN(C(=O)c2cc(C(C)=O)n[nH]2)C1. The number of esters is 1. The number of likely N-dealkylation sites (tertiary alicyclic amines) is 1. The molecule has 1 aromatic carbocycles. The number of rotatable bonds is 6. The first kappa shape index (κ1) is 20.7. The zero-order valence-corrected chi connectivity index (χ0v) is 16.5. The fraction of sp³-hybridized carbons (Fsp3) is 0.429. The molecule has 2 aromatic rings. The summed E-state index contributed by atoms with van der Waals surface area (Å²) in [5.74, 6) is -1.27. The van der Waals surface area contributed by atoms with Gasteiger partial charge in [-0.25, -0.2) is 4.39 Å². The average molecular weight is 401 g/mol. The molecule has 0 unspecified atom stereocenters. The van der Waals surface area contributed by atoms with Crippen LogP contribution < -0.4 is 0 Å². The van der Waals surface area contributed by atoms with E-state index in [1.807, 2.05) is 0 Å². The lowest BCUT2D eigenvalue weighted by Gasteiger charge is -2.41. The number of carbonyl (C=O) groups is 3. The molecule has 154 valence electrons. The second kappa shape index (κ2) is 8.55. The van der Waals surface area contributed by atoms with E-state index in [4.69, 9.17) is 4.74 Å². The third-order valence-corrected chi connectivity index (χ3v) is 5.20. The first-order chi connectivity index (χ1) is 13.8. The van der Waals surface area contributed by atoms with Gasteiger partial charge in [0.25, 0.3) is 5.91 Å². The second-order valence-corrected chi connectivity index (χ2v) is 7.36. The van der Waals surface area contributed by atoms with Crippen molar-refractivity contribution in [2.75, 3.05) is 19.7 Å². The zero-order chi connectivity index (χ0) is 21.0. The molecule has 1 aliphatic heterocycles. The van der Waals surface area contributed by atoms with Gasteiger partial charge in [-0.1, -0.05) is 12.1 Å². The van der Waals surface area contributed by atoms with Gasteiger partial charge in [-0.15, -0.1) is 0 Å².